The molecule has 3 aromatic heterocycles. The molecule has 5 nitrogen and oxygen atoms in total. The highest BCUT2D eigenvalue weighted by Gasteiger charge is 2.16. The Hall–Kier alpha value is -3.25. The SMILES string of the molecule is C[C@H](O)CNc1cc(-c2[nH]c3cccnc3c2-c2ccc(F)cc2)ccn1. The standard InChI is InChI=1S/C21H19FN4O/c1-13(27)12-25-18-11-15(8-10-23-18)20-19(14-4-6-16(22)7-5-14)21-17(26-20)3-2-9-24-21/h2-11,13,26-27H,12H2,1H3,(H,23,25)/t13-/m0/s1. The molecular weight excluding hydrogens is 343 g/mol. The van der Waals surface area contributed by atoms with Crippen molar-refractivity contribution in [3.8, 4) is 22.4 Å². The molecule has 3 N–H and O–H groups in total. The second-order valence-corrected chi connectivity index (χ2v) is 6.44. The van der Waals surface area contributed by atoms with Crippen molar-refractivity contribution in [3.63, 3.8) is 0 Å². The highest BCUT2D eigenvalue weighted by molar-refractivity contribution is 6.01. The Morgan fingerprint density at radius 1 is 1.07 bits per heavy atom. The van der Waals surface area contributed by atoms with Crippen LogP contribution in [0.4, 0.5) is 10.2 Å². The molecule has 3 heterocycles. The summed E-state index contributed by atoms with van der Waals surface area (Å²) in [5, 5.41) is 12.6. The van der Waals surface area contributed by atoms with Gasteiger partial charge in [0, 0.05) is 30.1 Å². The Balaban J connectivity index is 1.86. The number of rotatable bonds is 5. The molecule has 1 atom stereocenters. The topological polar surface area (TPSA) is 73.8 Å². The molecule has 0 aliphatic carbocycles. The smallest absolute Gasteiger partial charge is 0.126 e. The van der Waals surface area contributed by atoms with Gasteiger partial charge in [0.05, 0.1) is 22.8 Å². The van der Waals surface area contributed by atoms with Gasteiger partial charge in [-0.25, -0.2) is 9.37 Å². The predicted molar refractivity (Wildman–Crippen MR) is 105 cm³/mol. The number of benzene rings is 1. The van der Waals surface area contributed by atoms with Crippen molar-refractivity contribution in [2.45, 2.75) is 13.0 Å². The molecule has 0 unspecified atom stereocenters. The van der Waals surface area contributed by atoms with Crippen LogP contribution in [0.15, 0.2) is 60.9 Å². The number of nitrogens with one attached hydrogen (secondary N) is 2. The Kier molecular flexibility index (Phi) is 4.56. The third kappa shape index (κ3) is 3.52. The maximum atomic E-state index is 13.4. The summed E-state index contributed by atoms with van der Waals surface area (Å²) in [4.78, 5) is 12.2. The van der Waals surface area contributed by atoms with E-state index in [1.54, 1.807) is 31.5 Å². The Morgan fingerprint density at radius 2 is 1.89 bits per heavy atom. The highest BCUT2D eigenvalue weighted by atomic mass is 19.1. The van der Waals surface area contributed by atoms with Gasteiger partial charge in [-0.3, -0.25) is 4.98 Å². The molecular formula is C21H19FN4O. The fraction of sp³-hybridized carbons (Fsp3) is 0.143. The molecule has 0 radical (unpaired) electrons. The fourth-order valence-electron chi connectivity index (χ4n) is 3.07. The van der Waals surface area contributed by atoms with E-state index in [0.29, 0.717) is 12.4 Å². The van der Waals surface area contributed by atoms with E-state index in [9.17, 15) is 9.50 Å². The zero-order chi connectivity index (χ0) is 18.8. The van der Waals surface area contributed by atoms with Crippen LogP contribution in [-0.2, 0) is 0 Å². The van der Waals surface area contributed by atoms with Crippen molar-refractivity contribution in [1.82, 2.24) is 15.0 Å². The molecule has 0 amide bonds. The van der Waals surface area contributed by atoms with Gasteiger partial charge in [0.2, 0.25) is 0 Å². The van der Waals surface area contributed by atoms with Crippen LogP contribution >= 0.6 is 0 Å². The molecule has 136 valence electrons. The van der Waals surface area contributed by atoms with Gasteiger partial charge in [0.1, 0.15) is 11.6 Å². The molecule has 6 heteroatoms. The number of halogens is 1. The van der Waals surface area contributed by atoms with Crippen LogP contribution in [0.2, 0.25) is 0 Å². The number of anilines is 1. The third-order valence-electron chi connectivity index (χ3n) is 4.31. The predicted octanol–water partition coefficient (Wildman–Crippen LogP) is 4.22. The number of aliphatic hydroxyl groups is 1. The van der Waals surface area contributed by atoms with E-state index in [1.807, 2.05) is 24.3 Å². The molecule has 0 saturated heterocycles. The summed E-state index contributed by atoms with van der Waals surface area (Å²) in [5.41, 5.74) is 5.34. The fourth-order valence-corrected chi connectivity index (χ4v) is 3.07. The molecule has 0 fully saturated rings. The average Bonchev–Trinajstić information content (AvgIpc) is 3.07. The Morgan fingerprint density at radius 3 is 2.67 bits per heavy atom. The van der Waals surface area contributed by atoms with E-state index in [1.165, 1.54) is 12.1 Å². The maximum absolute atomic E-state index is 13.4. The summed E-state index contributed by atoms with van der Waals surface area (Å²) < 4.78 is 13.4. The molecule has 0 aliphatic rings. The first kappa shape index (κ1) is 17.2. The maximum Gasteiger partial charge on any atom is 0.126 e. The third-order valence-corrected chi connectivity index (χ3v) is 4.31. The molecule has 0 aliphatic heterocycles. The molecule has 4 rings (SSSR count). The van der Waals surface area contributed by atoms with Gasteiger partial charge in [0.25, 0.3) is 0 Å². The van der Waals surface area contributed by atoms with E-state index in [4.69, 9.17) is 0 Å². The Labute approximate surface area is 155 Å². The quantitative estimate of drug-likeness (QED) is 0.497. The van der Waals surface area contributed by atoms with Crippen LogP contribution in [0.25, 0.3) is 33.4 Å². The highest BCUT2D eigenvalue weighted by Crippen LogP contribution is 2.37. The summed E-state index contributed by atoms with van der Waals surface area (Å²) in [6, 6.07) is 14.1. The van der Waals surface area contributed by atoms with Gasteiger partial charge in [-0.1, -0.05) is 12.1 Å². The summed E-state index contributed by atoms with van der Waals surface area (Å²) in [6.45, 7) is 2.13. The lowest BCUT2D eigenvalue weighted by Gasteiger charge is -2.10. The van der Waals surface area contributed by atoms with Crippen LogP contribution in [0.3, 0.4) is 0 Å². The number of H-pyrrole nitrogens is 1. The number of aromatic amines is 1. The van der Waals surface area contributed by atoms with Gasteiger partial charge >= 0.3 is 0 Å². The van der Waals surface area contributed by atoms with Crippen molar-refractivity contribution in [2.24, 2.45) is 0 Å². The first-order valence-electron chi connectivity index (χ1n) is 8.73. The van der Waals surface area contributed by atoms with E-state index in [2.05, 4.69) is 20.3 Å². The second-order valence-electron chi connectivity index (χ2n) is 6.44. The van der Waals surface area contributed by atoms with Crippen LogP contribution in [0, 0.1) is 5.82 Å². The summed E-state index contributed by atoms with van der Waals surface area (Å²) in [5.74, 6) is 0.395. The lowest BCUT2D eigenvalue weighted by molar-refractivity contribution is 0.208. The second kappa shape index (κ2) is 7.17. The molecule has 0 spiro atoms. The van der Waals surface area contributed by atoms with Gasteiger partial charge in [-0.2, -0.15) is 0 Å². The summed E-state index contributed by atoms with van der Waals surface area (Å²) in [6.07, 6.45) is 2.99. The van der Waals surface area contributed by atoms with Gasteiger partial charge < -0.3 is 15.4 Å². The van der Waals surface area contributed by atoms with Crippen molar-refractivity contribution >= 4 is 16.9 Å². The van der Waals surface area contributed by atoms with E-state index in [0.717, 1.165) is 33.4 Å². The van der Waals surface area contributed by atoms with Crippen molar-refractivity contribution in [2.75, 3.05) is 11.9 Å². The Bertz CT molecular complexity index is 1070. The minimum atomic E-state index is -0.470. The normalized spacial score (nSPS) is 12.3. The van der Waals surface area contributed by atoms with Crippen molar-refractivity contribution < 1.29 is 9.50 Å². The number of fused-ring (bicyclic) bond motifs is 1. The number of hydrogen-bond donors (Lipinski definition) is 3. The van der Waals surface area contributed by atoms with Crippen LogP contribution < -0.4 is 5.32 Å². The molecule has 0 saturated carbocycles. The van der Waals surface area contributed by atoms with E-state index in [-0.39, 0.29) is 5.82 Å². The first-order valence-corrected chi connectivity index (χ1v) is 8.73. The van der Waals surface area contributed by atoms with Crippen LogP contribution in [-0.4, -0.2) is 32.7 Å². The molecule has 1 aromatic carbocycles. The molecule has 0 bridgehead atoms. The monoisotopic (exact) mass is 362 g/mol. The number of aliphatic hydroxyl groups excluding tert-OH is 1. The number of nitrogens with zero attached hydrogens (tertiary/aromatic N) is 2. The molecule has 27 heavy (non-hydrogen) atoms. The van der Waals surface area contributed by atoms with Gasteiger partial charge in [0.15, 0.2) is 0 Å². The van der Waals surface area contributed by atoms with E-state index >= 15 is 0 Å². The van der Waals surface area contributed by atoms with Crippen molar-refractivity contribution in [1.29, 1.82) is 0 Å². The lowest BCUT2D eigenvalue weighted by atomic mass is 10.0. The number of pyridine rings is 2. The number of hydrogen-bond acceptors (Lipinski definition) is 4. The lowest BCUT2D eigenvalue weighted by Crippen LogP contribution is -2.15. The largest absolute Gasteiger partial charge is 0.392 e. The molecule has 4 aromatic rings. The van der Waals surface area contributed by atoms with Crippen LogP contribution in [0.1, 0.15) is 6.92 Å². The summed E-state index contributed by atoms with van der Waals surface area (Å²) in [7, 11) is 0. The van der Waals surface area contributed by atoms with Gasteiger partial charge in [-0.05, 0) is 48.9 Å². The average molecular weight is 362 g/mol. The van der Waals surface area contributed by atoms with Crippen molar-refractivity contribution in [3.05, 3.63) is 66.7 Å². The minimum Gasteiger partial charge on any atom is -0.392 e. The van der Waals surface area contributed by atoms with Crippen LogP contribution in [0.5, 0.6) is 0 Å². The zero-order valence-corrected chi connectivity index (χ0v) is 14.8. The zero-order valence-electron chi connectivity index (χ0n) is 14.8. The van der Waals surface area contributed by atoms with Gasteiger partial charge in [-0.15, -0.1) is 0 Å². The minimum absolute atomic E-state index is 0.276. The summed E-state index contributed by atoms with van der Waals surface area (Å²) >= 11 is 0. The van der Waals surface area contributed by atoms with E-state index < -0.39 is 6.10 Å². The first-order chi connectivity index (χ1) is 13.1. The number of aromatic nitrogens is 3.